The van der Waals surface area contributed by atoms with Crippen LogP contribution in [0.15, 0.2) is 75.3 Å². The van der Waals surface area contributed by atoms with E-state index < -0.39 is 5.97 Å². The molecule has 2 heterocycles. The van der Waals surface area contributed by atoms with Crippen LogP contribution in [0.2, 0.25) is 0 Å². The van der Waals surface area contributed by atoms with E-state index in [1.54, 1.807) is 37.3 Å². The van der Waals surface area contributed by atoms with Gasteiger partial charge in [-0.2, -0.15) is 0 Å². The van der Waals surface area contributed by atoms with Crippen LogP contribution in [0.3, 0.4) is 0 Å². The number of benzene rings is 3. The molecule has 0 spiro atoms. The molecule has 7 heteroatoms. The summed E-state index contributed by atoms with van der Waals surface area (Å²) in [7, 11) is 0. The smallest absolute Gasteiger partial charge is 0.379 e. The van der Waals surface area contributed by atoms with Crippen LogP contribution in [0.5, 0.6) is 17.2 Å². The highest BCUT2D eigenvalue weighted by atomic mass is 79.9. The maximum atomic E-state index is 12.9. The van der Waals surface area contributed by atoms with Crippen LogP contribution in [0.4, 0.5) is 0 Å². The topological polar surface area (TPSA) is 75.0 Å². The van der Waals surface area contributed by atoms with Crippen LogP contribution in [-0.4, -0.2) is 18.4 Å². The van der Waals surface area contributed by atoms with Gasteiger partial charge in [0.05, 0.1) is 12.2 Å². The molecular formula is C27H19BrO6. The molecule has 4 aromatic rings. The normalized spacial score (nSPS) is 13.7. The van der Waals surface area contributed by atoms with E-state index in [2.05, 4.69) is 15.9 Å². The number of fused-ring (bicyclic) bond motifs is 2. The molecule has 0 bridgehead atoms. The lowest BCUT2D eigenvalue weighted by Gasteiger charge is -2.09. The minimum atomic E-state index is -0.634. The second-order valence-electron chi connectivity index (χ2n) is 7.69. The first-order valence-electron chi connectivity index (χ1n) is 10.6. The lowest BCUT2D eigenvalue weighted by Crippen LogP contribution is -2.08. The summed E-state index contributed by atoms with van der Waals surface area (Å²) >= 11 is 3.40. The van der Waals surface area contributed by atoms with Gasteiger partial charge in [-0.3, -0.25) is 4.79 Å². The number of esters is 1. The minimum Gasteiger partial charge on any atom is -0.494 e. The fraction of sp³-hybridized carbons (Fsp3) is 0.111. The van der Waals surface area contributed by atoms with Gasteiger partial charge in [-0.25, -0.2) is 4.79 Å². The standard InChI is InChI=1S/C27H19BrO6/c1-3-31-19-7-4-16(5-8-19)12-23-25(29)20-9-11-21(15(2)26(20)33-23)34-27(30)24-14-17-13-18(28)6-10-22(17)32-24/h4-14H,3H2,1-2H3/b23-12-. The molecular weight excluding hydrogens is 500 g/mol. The molecule has 1 aliphatic rings. The van der Waals surface area contributed by atoms with Crippen molar-refractivity contribution in [1.82, 2.24) is 0 Å². The summed E-state index contributed by atoms with van der Waals surface area (Å²) < 4.78 is 23.4. The van der Waals surface area contributed by atoms with Crippen molar-refractivity contribution in [2.24, 2.45) is 0 Å². The van der Waals surface area contributed by atoms with Gasteiger partial charge in [-0.05, 0) is 74.0 Å². The number of carbonyl (C=O) groups is 2. The molecule has 0 unspecified atom stereocenters. The monoisotopic (exact) mass is 518 g/mol. The molecule has 6 nitrogen and oxygen atoms in total. The Morgan fingerprint density at radius 1 is 1.06 bits per heavy atom. The number of carbonyl (C=O) groups excluding carboxylic acids is 2. The number of allylic oxidation sites excluding steroid dienone is 1. The number of rotatable bonds is 5. The highest BCUT2D eigenvalue weighted by Gasteiger charge is 2.31. The number of furan rings is 1. The number of Topliss-reactive ketones (excluding diaryl/α,β-unsaturated/α-hetero) is 1. The maximum absolute atomic E-state index is 12.9. The van der Waals surface area contributed by atoms with Crippen LogP contribution in [0, 0.1) is 6.92 Å². The van der Waals surface area contributed by atoms with Gasteiger partial charge >= 0.3 is 5.97 Å². The number of halogens is 1. The Morgan fingerprint density at radius 2 is 1.85 bits per heavy atom. The van der Waals surface area contributed by atoms with Crippen molar-refractivity contribution in [3.8, 4) is 17.2 Å². The molecule has 0 saturated carbocycles. The third-order valence-electron chi connectivity index (χ3n) is 5.41. The Hall–Kier alpha value is -3.84. The van der Waals surface area contributed by atoms with Gasteiger partial charge in [-0.15, -0.1) is 0 Å². The molecule has 0 radical (unpaired) electrons. The van der Waals surface area contributed by atoms with Crippen molar-refractivity contribution in [2.45, 2.75) is 13.8 Å². The molecule has 0 aliphatic carbocycles. The van der Waals surface area contributed by atoms with E-state index >= 15 is 0 Å². The number of ether oxygens (including phenoxy) is 3. The summed E-state index contributed by atoms with van der Waals surface area (Å²) in [5.74, 6) is 0.847. The van der Waals surface area contributed by atoms with Crippen molar-refractivity contribution in [1.29, 1.82) is 0 Å². The predicted molar refractivity (Wildman–Crippen MR) is 131 cm³/mol. The first-order valence-corrected chi connectivity index (χ1v) is 11.4. The Labute approximate surface area is 203 Å². The minimum absolute atomic E-state index is 0.0843. The summed E-state index contributed by atoms with van der Waals surface area (Å²) in [5.41, 5.74) is 2.36. The molecule has 0 atom stereocenters. The molecule has 1 aromatic heterocycles. The van der Waals surface area contributed by atoms with Crippen molar-refractivity contribution in [2.75, 3.05) is 6.61 Å². The molecule has 1 aliphatic heterocycles. The van der Waals surface area contributed by atoms with E-state index in [0.29, 0.717) is 34.8 Å². The van der Waals surface area contributed by atoms with E-state index in [9.17, 15) is 9.59 Å². The Bertz CT molecular complexity index is 1460. The van der Waals surface area contributed by atoms with E-state index in [-0.39, 0.29) is 17.3 Å². The average molecular weight is 519 g/mol. The number of hydrogen-bond acceptors (Lipinski definition) is 6. The first kappa shape index (κ1) is 22.0. The van der Waals surface area contributed by atoms with Gasteiger partial charge in [0.15, 0.2) is 5.76 Å². The van der Waals surface area contributed by atoms with Crippen molar-refractivity contribution >= 4 is 44.7 Å². The molecule has 5 rings (SSSR count). The van der Waals surface area contributed by atoms with Gasteiger partial charge < -0.3 is 18.6 Å². The predicted octanol–water partition coefficient (Wildman–Crippen LogP) is 6.74. The quantitative estimate of drug-likeness (QED) is 0.165. The van der Waals surface area contributed by atoms with Crippen molar-refractivity contribution in [3.63, 3.8) is 0 Å². The summed E-state index contributed by atoms with van der Waals surface area (Å²) in [5, 5.41) is 0.782. The molecule has 0 fully saturated rings. The molecule has 34 heavy (non-hydrogen) atoms. The van der Waals surface area contributed by atoms with Crippen LogP contribution < -0.4 is 14.2 Å². The molecule has 170 valence electrons. The lowest BCUT2D eigenvalue weighted by molar-refractivity contribution is 0.0702. The van der Waals surface area contributed by atoms with E-state index in [0.717, 1.165) is 21.2 Å². The summed E-state index contributed by atoms with van der Waals surface area (Å²) in [4.78, 5) is 25.6. The van der Waals surface area contributed by atoms with Gasteiger partial charge in [0.2, 0.25) is 11.5 Å². The summed E-state index contributed by atoms with van der Waals surface area (Å²) in [6.45, 7) is 4.24. The van der Waals surface area contributed by atoms with Crippen molar-refractivity contribution < 1.29 is 28.2 Å². The number of hydrogen-bond donors (Lipinski definition) is 0. The van der Waals surface area contributed by atoms with E-state index in [1.165, 1.54) is 0 Å². The molecule has 0 amide bonds. The Balaban J connectivity index is 1.38. The summed E-state index contributed by atoms with van der Waals surface area (Å²) in [6.07, 6.45) is 1.68. The highest BCUT2D eigenvalue weighted by molar-refractivity contribution is 9.10. The van der Waals surface area contributed by atoms with Crippen LogP contribution >= 0.6 is 15.9 Å². The fourth-order valence-corrected chi connectivity index (χ4v) is 4.10. The zero-order valence-electron chi connectivity index (χ0n) is 18.4. The van der Waals surface area contributed by atoms with Gasteiger partial charge in [-0.1, -0.05) is 28.1 Å². The molecule has 0 saturated heterocycles. The van der Waals surface area contributed by atoms with Crippen LogP contribution in [-0.2, 0) is 0 Å². The van der Waals surface area contributed by atoms with E-state index in [1.807, 2.05) is 43.3 Å². The number of ketones is 1. The Morgan fingerprint density at radius 3 is 2.62 bits per heavy atom. The third kappa shape index (κ3) is 4.10. The second-order valence-corrected chi connectivity index (χ2v) is 8.61. The fourth-order valence-electron chi connectivity index (χ4n) is 3.72. The largest absolute Gasteiger partial charge is 0.494 e. The average Bonchev–Trinajstić information content (AvgIpc) is 3.38. The Kier molecular flexibility index (Phi) is 5.71. The summed E-state index contributed by atoms with van der Waals surface area (Å²) in [6, 6.07) is 17.6. The maximum Gasteiger partial charge on any atom is 0.379 e. The van der Waals surface area contributed by atoms with Crippen LogP contribution in [0.25, 0.3) is 17.0 Å². The van der Waals surface area contributed by atoms with Gasteiger partial charge in [0, 0.05) is 15.4 Å². The SMILES string of the molecule is CCOc1ccc(/C=C2\Oc3c(ccc(OC(=O)c4cc5cc(Br)ccc5o4)c3C)C2=O)cc1. The van der Waals surface area contributed by atoms with Gasteiger partial charge in [0.1, 0.15) is 22.8 Å². The zero-order valence-corrected chi connectivity index (χ0v) is 20.0. The van der Waals surface area contributed by atoms with Crippen LogP contribution in [0.1, 0.15) is 39.0 Å². The highest BCUT2D eigenvalue weighted by Crippen LogP contribution is 2.39. The van der Waals surface area contributed by atoms with Crippen molar-refractivity contribution in [3.05, 3.63) is 93.3 Å². The molecule has 0 N–H and O–H groups in total. The van der Waals surface area contributed by atoms with E-state index in [4.69, 9.17) is 18.6 Å². The zero-order chi connectivity index (χ0) is 23.8. The second kappa shape index (κ2) is 8.83. The van der Waals surface area contributed by atoms with Gasteiger partial charge in [0.25, 0.3) is 0 Å². The lowest BCUT2D eigenvalue weighted by atomic mass is 10.1. The first-order chi connectivity index (χ1) is 16.4. The molecule has 3 aromatic carbocycles. The third-order valence-corrected chi connectivity index (χ3v) is 5.90.